The van der Waals surface area contributed by atoms with E-state index in [0.29, 0.717) is 11.7 Å². The summed E-state index contributed by atoms with van der Waals surface area (Å²) in [7, 11) is 0. The molecule has 108 valence electrons. The summed E-state index contributed by atoms with van der Waals surface area (Å²) in [5.41, 5.74) is 0. The van der Waals surface area contributed by atoms with Gasteiger partial charge in [0.05, 0.1) is 11.8 Å². The van der Waals surface area contributed by atoms with Gasteiger partial charge in [-0.1, -0.05) is 19.3 Å². The lowest BCUT2D eigenvalue weighted by Crippen LogP contribution is -2.45. The molecule has 0 radical (unpaired) electrons. The van der Waals surface area contributed by atoms with Crippen molar-refractivity contribution < 1.29 is 14.7 Å². The molecular weight excluding hydrogens is 262 g/mol. The molecular formula is C14H23NO3S. The molecule has 2 rings (SSSR count). The van der Waals surface area contributed by atoms with Gasteiger partial charge in [0.25, 0.3) is 0 Å². The normalized spacial score (nSPS) is 35.0. The number of carbonyl (C=O) groups is 2. The van der Waals surface area contributed by atoms with Crippen LogP contribution in [0, 0.1) is 11.8 Å². The number of hydrogen-bond donors (Lipinski definition) is 2. The van der Waals surface area contributed by atoms with Crippen molar-refractivity contribution in [2.24, 2.45) is 11.8 Å². The molecule has 0 heterocycles. The van der Waals surface area contributed by atoms with E-state index in [1.165, 1.54) is 0 Å². The van der Waals surface area contributed by atoms with Crippen LogP contribution in [0.2, 0.25) is 0 Å². The summed E-state index contributed by atoms with van der Waals surface area (Å²) in [5.74, 6) is -1.65. The van der Waals surface area contributed by atoms with Gasteiger partial charge in [0.2, 0.25) is 5.91 Å². The zero-order valence-corrected chi connectivity index (χ0v) is 12.2. The number of carboxylic acids is 1. The van der Waals surface area contributed by atoms with Gasteiger partial charge in [-0.2, -0.15) is 11.8 Å². The number of thioether (sulfide) groups is 1. The number of carboxylic acid groups (broad SMARTS) is 1. The van der Waals surface area contributed by atoms with Crippen LogP contribution in [-0.4, -0.2) is 34.5 Å². The van der Waals surface area contributed by atoms with Crippen molar-refractivity contribution in [3.05, 3.63) is 0 Å². The number of nitrogens with one attached hydrogen (secondary N) is 1. The summed E-state index contributed by atoms with van der Waals surface area (Å²) in [5, 5.41) is 12.8. The minimum absolute atomic E-state index is 0.0296. The molecule has 19 heavy (non-hydrogen) atoms. The molecule has 2 saturated carbocycles. The molecule has 2 aliphatic carbocycles. The third kappa shape index (κ3) is 3.44. The Morgan fingerprint density at radius 2 is 1.74 bits per heavy atom. The molecule has 0 aromatic rings. The molecule has 2 aliphatic rings. The molecule has 0 bridgehead atoms. The summed E-state index contributed by atoms with van der Waals surface area (Å²) in [6, 6.07) is 0.235. The van der Waals surface area contributed by atoms with Gasteiger partial charge in [-0.3, -0.25) is 9.59 Å². The number of carbonyl (C=O) groups excluding carboxylic acids is 1. The molecule has 4 atom stereocenters. The SMILES string of the molecule is CSC1CCCC1NC(=O)[C@@H]1CCCC[C@@H]1C(=O)O. The molecule has 1 amide bonds. The molecule has 5 heteroatoms. The van der Waals surface area contributed by atoms with Crippen LogP contribution in [0.25, 0.3) is 0 Å². The van der Waals surface area contributed by atoms with Crippen LogP contribution >= 0.6 is 11.8 Å². The highest BCUT2D eigenvalue weighted by Gasteiger charge is 2.37. The van der Waals surface area contributed by atoms with E-state index in [2.05, 4.69) is 11.6 Å². The number of rotatable bonds is 4. The van der Waals surface area contributed by atoms with Crippen molar-refractivity contribution in [1.82, 2.24) is 5.32 Å². The maximum absolute atomic E-state index is 12.3. The van der Waals surface area contributed by atoms with Crippen LogP contribution in [0.3, 0.4) is 0 Å². The van der Waals surface area contributed by atoms with Crippen molar-refractivity contribution in [3.8, 4) is 0 Å². The Morgan fingerprint density at radius 3 is 2.37 bits per heavy atom. The van der Waals surface area contributed by atoms with Gasteiger partial charge in [0.15, 0.2) is 0 Å². The Balaban J connectivity index is 1.95. The van der Waals surface area contributed by atoms with E-state index < -0.39 is 11.9 Å². The van der Waals surface area contributed by atoms with Crippen LogP contribution in [0.15, 0.2) is 0 Å². The first kappa shape index (κ1) is 14.7. The molecule has 2 unspecified atom stereocenters. The van der Waals surface area contributed by atoms with E-state index >= 15 is 0 Å². The Kier molecular flexibility index (Phi) is 5.13. The van der Waals surface area contributed by atoms with Gasteiger partial charge < -0.3 is 10.4 Å². The highest BCUT2D eigenvalue weighted by atomic mass is 32.2. The third-order valence-corrected chi connectivity index (χ3v) is 5.67. The smallest absolute Gasteiger partial charge is 0.307 e. The van der Waals surface area contributed by atoms with E-state index in [9.17, 15) is 14.7 Å². The quantitative estimate of drug-likeness (QED) is 0.831. The van der Waals surface area contributed by atoms with E-state index in [0.717, 1.165) is 38.5 Å². The monoisotopic (exact) mass is 285 g/mol. The Morgan fingerprint density at radius 1 is 1.05 bits per heavy atom. The van der Waals surface area contributed by atoms with Crippen LogP contribution in [0.4, 0.5) is 0 Å². The van der Waals surface area contributed by atoms with Crippen molar-refractivity contribution in [2.45, 2.75) is 56.2 Å². The van der Waals surface area contributed by atoms with E-state index in [-0.39, 0.29) is 17.9 Å². The highest BCUT2D eigenvalue weighted by Crippen LogP contribution is 2.32. The van der Waals surface area contributed by atoms with Crippen LogP contribution in [0.5, 0.6) is 0 Å². The molecule has 0 saturated heterocycles. The first-order valence-corrected chi connectivity index (χ1v) is 8.48. The van der Waals surface area contributed by atoms with Gasteiger partial charge in [0, 0.05) is 11.3 Å². The molecule has 2 fully saturated rings. The first-order valence-electron chi connectivity index (χ1n) is 7.19. The lowest BCUT2D eigenvalue weighted by molar-refractivity contribution is -0.149. The number of hydrogen-bond acceptors (Lipinski definition) is 3. The van der Waals surface area contributed by atoms with Gasteiger partial charge in [0.1, 0.15) is 0 Å². The fraction of sp³-hybridized carbons (Fsp3) is 0.857. The molecule has 0 aromatic carbocycles. The Bertz CT molecular complexity index is 348. The summed E-state index contributed by atoms with van der Waals surface area (Å²) >= 11 is 1.81. The zero-order valence-electron chi connectivity index (χ0n) is 11.4. The molecule has 0 spiro atoms. The fourth-order valence-corrected chi connectivity index (χ4v) is 4.34. The lowest BCUT2D eigenvalue weighted by atomic mass is 9.78. The van der Waals surface area contributed by atoms with Crippen LogP contribution in [-0.2, 0) is 9.59 Å². The zero-order chi connectivity index (χ0) is 13.8. The largest absolute Gasteiger partial charge is 0.481 e. The van der Waals surface area contributed by atoms with Crippen molar-refractivity contribution >= 4 is 23.6 Å². The summed E-state index contributed by atoms with van der Waals surface area (Å²) in [6.45, 7) is 0. The van der Waals surface area contributed by atoms with Crippen molar-refractivity contribution in [1.29, 1.82) is 0 Å². The summed E-state index contributed by atoms with van der Waals surface area (Å²) in [6.07, 6.45) is 8.68. The second-order valence-electron chi connectivity index (χ2n) is 5.66. The van der Waals surface area contributed by atoms with Crippen molar-refractivity contribution in [2.75, 3.05) is 6.26 Å². The van der Waals surface area contributed by atoms with Crippen LogP contribution < -0.4 is 5.32 Å². The van der Waals surface area contributed by atoms with E-state index in [4.69, 9.17) is 0 Å². The Labute approximate surface area is 118 Å². The maximum atomic E-state index is 12.3. The van der Waals surface area contributed by atoms with Gasteiger partial charge in [-0.05, 0) is 31.9 Å². The number of amides is 1. The maximum Gasteiger partial charge on any atom is 0.307 e. The molecule has 0 aromatic heterocycles. The minimum Gasteiger partial charge on any atom is -0.481 e. The molecule has 0 aliphatic heterocycles. The van der Waals surface area contributed by atoms with Crippen LogP contribution in [0.1, 0.15) is 44.9 Å². The standard InChI is InChI=1S/C14H23NO3S/c1-19-12-8-4-7-11(12)15-13(16)9-5-2-3-6-10(9)14(17)18/h9-12H,2-8H2,1H3,(H,15,16)(H,17,18)/t9-,10+,11?,12?/m1/s1. The fourth-order valence-electron chi connectivity index (χ4n) is 3.40. The number of aliphatic carboxylic acids is 1. The second kappa shape index (κ2) is 6.64. The average molecular weight is 285 g/mol. The molecule has 2 N–H and O–H groups in total. The highest BCUT2D eigenvalue weighted by molar-refractivity contribution is 7.99. The first-order chi connectivity index (χ1) is 9.13. The predicted octanol–water partition coefficient (Wildman–Crippen LogP) is 2.28. The summed E-state index contributed by atoms with van der Waals surface area (Å²) in [4.78, 5) is 23.6. The Hall–Kier alpha value is -0.710. The topological polar surface area (TPSA) is 66.4 Å². The van der Waals surface area contributed by atoms with Gasteiger partial charge in [-0.25, -0.2) is 0 Å². The van der Waals surface area contributed by atoms with E-state index in [1.807, 2.05) is 0 Å². The second-order valence-corrected chi connectivity index (χ2v) is 6.73. The van der Waals surface area contributed by atoms with E-state index in [1.54, 1.807) is 11.8 Å². The lowest BCUT2D eigenvalue weighted by Gasteiger charge is -2.29. The predicted molar refractivity (Wildman–Crippen MR) is 76.2 cm³/mol. The summed E-state index contributed by atoms with van der Waals surface area (Å²) < 4.78 is 0. The van der Waals surface area contributed by atoms with Gasteiger partial charge >= 0.3 is 5.97 Å². The van der Waals surface area contributed by atoms with Gasteiger partial charge in [-0.15, -0.1) is 0 Å². The van der Waals surface area contributed by atoms with Crippen molar-refractivity contribution in [3.63, 3.8) is 0 Å². The molecule has 4 nitrogen and oxygen atoms in total. The average Bonchev–Trinajstić information content (AvgIpc) is 2.85. The minimum atomic E-state index is -0.812. The third-order valence-electron chi connectivity index (χ3n) is 4.50.